The number of hydrogen-bond donors (Lipinski definition) is 1. The van der Waals surface area contributed by atoms with E-state index >= 15 is 0 Å². The van der Waals surface area contributed by atoms with Crippen molar-refractivity contribution in [2.45, 2.75) is 13.5 Å². The lowest BCUT2D eigenvalue weighted by atomic mass is 10.1. The highest BCUT2D eigenvalue weighted by Crippen LogP contribution is 2.29. The van der Waals surface area contributed by atoms with E-state index in [1.54, 1.807) is 19.2 Å². The molecule has 0 saturated carbocycles. The molecule has 0 saturated heterocycles. The van der Waals surface area contributed by atoms with Gasteiger partial charge >= 0.3 is 0 Å². The Kier molecular flexibility index (Phi) is 6.19. The monoisotopic (exact) mass is 387 g/mol. The minimum atomic E-state index is -0.215. The van der Waals surface area contributed by atoms with Crippen molar-refractivity contribution in [3.8, 4) is 23.7 Å². The first-order valence-corrected chi connectivity index (χ1v) is 9.12. The van der Waals surface area contributed by atoms with Crippen molar-refractivity contribution in [1.29, 1.82) is 5.26 Å². The molecule has 3 rings (SSSR count). The number of carbonyl (C=O) groups is 1. The Morgan fingerprint density at radius 3 is 2.52 bits per heavy atom. The Morgan fingerprint density at radius 1 is 1.14 bits per heavy atom. The van der Waals surface area contributed by atoms with Crippen molar-refractivity contribution >= 4 is 22.5 Å². The molecule has 3 aromatic rings. The van der Waals surface area contributed by atoms with Crippen LogP contribution in [0.15, 0.2) is 42.5 Å². The first-order chi connectivity index (χ1) is 14.1. The topological polar surface area (TPSA) is 76.3 Å². The number of nitriles is 1. The predicted octanol–water partition coefficient (Wildman–Crippen LogP) is 3.53. The Balaban J connectivity index is 1.96. The quantitative estimate of drug-likeness (QED) is 0.680. The van der Waals surface area contributed by atoms with Crippen LogP contribution in [0.1, 0.15) is 23.7 Å². The molecule has 0 aliphatic heterocycles. The maximum Gasteiger partial charge on any atom is 0.250 e. The molecule has 0 atom stereocenters. The highest BCUT2D eigenvalue weighted by atomic mass is 16.5. The highest BCUT2D eigenvalue weighted by molar-refractivity contribution is 5.92. The summed E-state index contributed by atoms with van der Waals surface area (Å²) in [6.07, 6.45) is 0. The van der Waals surface area contributed by atoms with Crippen LogP contribution in [-0.2, 0) is 16.1 Å². The van der Waals surface area contributed by atoms with E-state index in [1.807, 2.05) is 41.8 Å². The fraction of sp³-hybridized carbons (Fsp3) is 0.217. The molecule has 146 valence electrons. The molecule has 0 aliphatic carbocycles. The maximum absolute atomic E-state index is 11.6. The van der Waals surface area contributed by atoms with Crippen LogP contribution < -0.4 is 10.1 Å². The molecule has 0 aliphatic rings. The van der Waals surface area contributed by atoms with Gasteiger partial charge in [0.1, 0.15) is 24.1 Å². The van der Waals surface area contributed by atoms with Gasteiger partial charge in [-0.05, 0) is 55.3 Å². The van der Waals surface area contributed by atoms with E-state index in [1.165, 1.54) is 7.11 Å². The number of amides is 1. The molecule has 1 amide bonds. The van der Waals surface area contributed by atoms with Gasteiger partial charge in [0, 0.05) is 30.3 Å². The van der Waals surface area contributed by atoms with E-state index in [9.17, 15) is 10.1 Å². The van der Waals surface area contributed by atoms with Crippen LogP contribution in [-0.4, -0.2) is 31.3 Å². The summed E-state index contributed by atoms with van der Waals surface area (Å²) in [4.78, 5) is 11.6. The first-order valence-electron chi connectivity index (χ1n) is 9.12. The van der Waals surface area contributed by atoms with Gasteiger partial charge in [0.15, 0.2) is 0 Å². The largest absolute Gasteiger partial charge is 0.497 e. The Labute approximate surface area is 169 Å². The van der Waals surface area contributed by atoms with E-state index < -0.39 is 0 Å². The van der Waals surface area contributed by atoms with E-state index in [2.05, 4.69) is 23.2 Å². The summed E-state index contributed by atoms with van der Waals surface area (Å²) in [5.41, 5.74) is 3.62. The third-order valence-corrected chi connectivity index (χ3v) is 4.47. The minimum absolute atomic E-state index is 0.00481. The van der Waals surface area contributed by atoms with Crippen molar-refractivity contribution in [2.24, 2.45) is 0 Å². The van der Waals surface area contributed by atoms with E-state index in [-0.39, 0.29) is 12.5 Å². The minimum Gasteiger partial charge on any atom is -0.497 e. The summed E-state index contributed by atoms with van der Waals surface area (Å²) < 4.78 is 12.1. The standard InChI is InChI=1S/C23H21N3O3/c1-4-26-21-12-10-18(29-3)13-19(21)20(14-24)22(26)11-7-16-5-8-17(9-6-16)25-23(27)15-28-2/h5-6,8-10,12-13H,4,15H2,1-3H3,(H,25,27). The highest BCUT2D eigenvalue weighted by Gasteiger charge is 2.15. The number of aromatic nitrogens is 1. The second-order valence-corrected chi connectivity index (χ2v) is 6.27. The summed E-state index contributed by atoms with van der Waals surface area (Å²) in [7, 11) is 3.07. The summed E-state index contributed by atoms with van der Waals surface area (Å²) >= 11 is 0. The molecule has 0 spiro atoms. The van der Waals surface area contributed by atoms with Crippen molar-refractivity contribution in [1.82, 2.24) is 4.57 Å². The normalized spacial score (nSPS) is 10.1. The Morgan fingerprint density at radius 2 is 1.90 bits per heavy atom. The van der Waals surface area contributed by atoms with Crippen LogP contribution >= 0.6 is 0 Å². The molecule has 29 heavy (non-hydrogen) atoms. The lowest BCUT2D eigenvalue weighted by molar-refractivity contribution is -0.119. The average molecular weight is 387 g/mol. The summed E-state index contributed by atoms with van der Waals surface area (Å²) in [6, 6.07) is 15.2. The molecule has 1 aromatic heterocycles. The SMILES string of the molecule is CCn1c(C#Cc2ccc(NC(=O)COC)cc2)c(C#N)c2cc(OC)ccc21. The first kappa shape index (κ1) is 20.0. The number of carbonyl (C=O) groups excluding carboxylic acids is 1. The summed E-state index contributed by atoms with van der Waals surface area (Å²) in [5, 5.41) is 13.3. The number of hydrogen-bond acceptors (Lipinski definition) is 4. The molecule has 0 unspecified atom stereocenters. The number of methoxy groups -OCH3 is 2. The third-order valence-electron chi connectivity index (χ3n) is 4.47. The van der Waals surface area contributed by atoms with Crippen molar-refractivity contribution in [2.75, 3.05) is 26.1 Å². The predicted molar refractivity (Wildman–Crippen MR) is 112 cm³/mol. The summed E-state index contributed by atoms with van der Waals surface area (Å²) in [6.45, 7) is 2.72. The van der Waals surface area contributed by atoms with Crippen LogP contribution in [0.5, 0.6) is 5.75 Å². The number of nitrogens with one attached hydrogen (secondary N) is 1. The van der Waals surface area contributed by atoms with Gasteiger partial charge in [-0.3, -0.25) is 4.79 Å². The maximum atomic E-state index is 11.6. The van der Waals surface area contributed by atoms with E-state index in [4.69, 9.17) is 9.47 Å². The van der Waals surface area contributed by atoms with Gasteiger partial charge in [-0.15, -0.1) is 0 Å². The molecule has 0 radical (unpaired) electrons. The molecule has 1 heterocycles. The number of aryl methyl sites for hydroxylation is 1. The zero-order valence-corrected chi connectivity index (χ0v) is 16.6. The van der Waals surface area contributed by atoms with Gasteiger partial charge in [0.25, 0.3) is 0 Å². The van der Waals surface area contributed by atoms with Crippen LogP contribution in [0.2, 0.25) is 0 Å². The molecule has 1 N–H and O–H groups in total. The number of fused-ring (bicyclic) bond motifs is 1. The third kappa shape index (κ3) is 4.24. The molecule has 6 nitrogen and oxygen atoms in total. The fourth-order valence-corrected chi connectivity index (χ4v) is 3.13. The van der Waals surface area contributed by atoms with Gasteiger partial charge in [-0.2, -0.15) is 5.26 Å². The Bertz CT molecular complexity index is 1140. The number of anilines is 1. The molecular weight excluding hydrogens is 366 g/mol. The van der Waals surface area contributed by atoms with Gasteiger partial charge < -0.3 is 19.4 Å². The van der Waals surface area contributed by atoms with E-state index in [0.717, 1.165) is 16.5 Å². The molecular formula is C23H21N3O3. The zero-order chi connectivity index (χ0) is 20.8. The second kappa shape index (κ2) is 8.97. The molecule has 0 bridgehead atoms. The van der Waals surface area contributed by atoms with Gasteiger partial charge in [-0.25, -0.2) is 0 Å². The van der Waals surface area contributed by atoms with Crippen molar-refractivity contribution in [3.05, 3.63) is 59.3 Å². The van der Waals surface area contributed by atoms with Crippen LogP contribution in [0.4, 0.5) is 5.69 Å². The zero-order valence-electron chi connectivity index (χ0n) is 16.6. The van der Waals surface area contributed by atoms with Crippen LogP contribution in [0.3, 0.4) is 0 Å². The summed E-state index contributed by atoms with van der Waals surface area (Å²) in [5.74, 6) is 6.75. The molecule has 2 aromatic carbocycles. The average Bonchev–Trinajstić information content (AvgIpc) is 3.04. The fourth-order valence-electron chi connectivity index (χ4n) is 3.13. The molecule has 6 heteroatoms. The van der Waals surface area contributed by atoms with Gasteiger partial charge in [-0.1, -0.05) is 5.92 Å². The van der Waals surface area contributed by atoms with Gasteiger partial charge in [0.05, 0.1) is 18.2 Å². The second-order valence-electron chi connectivity index (χ2n) is 6.27. The number of nitrogens with zero attached hydrogens (tertiary/aromatic N) is 2. The van der Waals surface area contributed by atoms with Crippen LogP contribution in [0.25, 0.3) is 10.9 Å². The van der Waals surface area contributed by atoms with Crippen molar-refractivity contribution in [3.63, 3.8) is 0 Å². The van der Waals surface area contributed by atoms with Crippen LogP contribution in [0, 0.1) is 23.2 Å². The number of benzene rings is 2. The number of rotatable bonds is 5. The smallest absolute Gasteiger partial charge is 0.250 e. The van der Waals surface area contributed by atoms with Gasteiger partial charge in [0.2, 0.25) is 5.91 Å². The number of ether oxygens (including phenoxy) is 2. The lowest BCUT2D eigenvalue weighted by Gasteiger charge is -2.04. The lowest BCUT2D eigenvalue weighted by Crippen LogP contribution is -2.16. The molecule has 0 fully saturated rings. The van der Waals surface area contributed by atoms with Crippen molar-refractivity contribution < 1.29 is 14.3 Å². The van der Waals surface area contributed by atoms with E-state index in [0.29, 0.717) is 29.2 Å². The Hall–Kier alpha value is -3.74.